The predicted octanol–water partition coefficient (Wildman–Crippen LogP) is 2.03. The number of likely N-dealkylation sites (N-methyl/N-ethyl adjacent to an activating group) is 1. The van der Waals surface area contributed by atoms with E-state index in [1.165, 1.54) is 0 Å². The van der Waals surface area contributed by atoms with Crippen LogP contribution in [0.5, 0.6) is 0 Å². The van der Waals surface area contributed by atoms with Gasteiger partial charge < -0.3 is 9.80 Å². The minimum atomic E-state index is -0.239. The molecule has 4 rings (SSSR count). The zero-order valence-corrected chi connectivity index (χ0v) is 14.2. The molecule has 0 saturated carbocycles. The SMILES string of the molecule is CN1CCCN(C(=O)C2=C3C=CN=C4C=CC=CC43SC2)CC1. The van der Waals surface area contributed by atoms with Crippen LogP contribution in [0.4, 0.5) is 0 Å². The van der Waals surface area contributed by atoms with Gasteiger partial charge in [0.1, 0.15) is 4.75 Å². The van der Waals surface area contributed by atoms with Crippen LogP contribution in [0.25, 0.3) is 0 Å². The van der Waals surface area contributed by atoms with Crippen LogP contribution < -0.4 is 0 Å². The zero-order chi connectivity index (χ0) is 15.9. The molecule has 120 valence electrons. The molecule has 0 aromatic heterocycles. The van der Waals surface area contributed by atoms with E-state index in [9.17, 15) is 4.79 Å². The third-order valence-corrected chi connectivity index (χ3v) is 6.42. The number of allylic oxidation sites excluding steroid dienone is 4. The van der Waals surface area contributed by atoms with E-state index in [1.807, 2.05) is 35.0 Å². The van der Waals surface area contributed by atoms with Crippen molar-refractivity contribution in [3.63, 3.8) is 0 Å². The van der Waals surface area contributed by atoms with Crippen LogP contribution in [0.2, 0.25) is 0 Å². The summed E-state index contributed by atoms with van der Waals surface area (Å²) >= 11 is 1.81. The number of aliphatic imine (C=N–C) groups is 1. The van der Waals surface area contributed by atoms with E-state index >= 15 is 0 Å². The molecule has 0 aromatic rings. The summed E-state index contributed by atoms with van der Waals surface area (Å²) in [7, 11) is 2.13. The largest absolute Gasteiger partial charge is 0.338 e. The van der Waals surface area contributed by atoms with Crippen LogP contribution >= 0.6 is 11.8 Å². The first-order chi connectivity index (χ1) is 11.2. The normalized spacial score (nSPS) is 30.1. The average molecular weight is 327 g/mol. The monoisotopic (exact) mass is 327 g/mol. The molecule has 1 fully saturated rings. The fourth-order valence-corrected chi connectivity index (χ4v) is 5.08. The first-order valence-electron chi connectivity index (χ1n) is 8.17. The van der Waals surface area contributed by atoms with E-state index in [1.54, 1.807) is 0 Å². The summed E-state index contributed by atoms with van der Waals surface area (Å²) in [6.07, 6.45) is 13.3. The highest BCUT2D eigenvalue weighted by molar-refractivity contribution is 8.02. The molecule has 1 atom stereocenters. The van der Waals surface area contributed by atoms with Crippen molar-refractivity contribution >= 4 is 23.4 Å². The van der Waals surface area contributed by atoms with Gasteiger partial charge in [0.15, 0.2) is 0 Å². The maximum Gasteiger partial charge on any atom is 0.251 e. The van der Waals surface area contributed by atoms with Gasteiger partial charge in [-0.2, -0.15) is 0 Å². The molecule has 3 aliphatic heterocycles. The quantitative estimate of drug-likeness (QED) is 0.739. The highest BCUT2D eigenvalue weighted by Gasteiger charge is 2.46. The molecule has 1 aliphatic carbocycles. The molecule has 1 amide bonds. The first-order valence-corrected chi connectivity index (χ1v) is 9.15. The topological polar surface area (TPSA) is 35.9 Å². The number of carbonyl (C=O) groups excluding carboxylic acids is 1. The van der Waals surface area contributed by atoms with Crippen molar-refractivity contribution in [2.45, 2.75) is 11.2 Å². The molecule has 1 saturated heterocycles. The van der Waals surface area contributed by atoms with Crippen molar-refractivity contribution in [1.82, 2.24) is 9.80 Å². The lowest BCUT2D eigenvalue weighted by atomic mass is 9.85. The Balaban J connectivity index is 1.66. The summed E-state index contributed by atoms with van der Waals surface area (Å²) in [4.78, 5) is 22.0. The van der Waals surface area contributed by atoms with Crippen molar-refractivity contribution in [1.29, 1.82) is 0 Å². The van der Waals surface area contributed by atoms with Crippen molar-refractivity contribution in [2.75, 3.05) is 39.0 Å². The van der Waals surface area contributed by atoms with Crippen LogP contribution in [0.15, 0.2) is 52.7 Å². The third kappa shape index (κ3) is 2.42. The number of hydrogen-bond donors (Lipinski definition) is 0. The van der Waals surface area contributed by atoms with E-state index in [-0.39, 0.29) is 10.7 Å². The van der Waals surface area contributed by atoms with Crippen molar-refractivity contribution in [3.05, 3.63) is 47.7 Å². The Morgan fingerprint density at radius 2 is 2.13 bits per heavy atom. The van der Waals surface area contributed by atoms with Crippen molar-refractivity contribution in [2.24, 2.45) is 4.99 Å². The van der Waals surface area contributed by atoms with Gasteiger partial charge in [-0.15, -0.1) is 11.8 Å². The number of hydrogen-bond acceptors (Lipinski definition) is 4. The van der Waals surface area contributed by atoms with E-state index < -0.39 is 0 Å². The van der Waals surface area contributed by atoms with Gasteiger partial charge in [-0.1, -0.05) is 18.2 Å². The van der Waals surface area contributed by atoms with Gasteiger partial charge in [0.25, 0.3) is 5.91 Å². The van der Waals surface area contributed by atoms with Crippen LogP contribution in [0.1, 0.15) is 6.42 Å². The second-order valence-corrected chi connectivity index (χ2v) is 7.64. The number of thioether (sulfide) groups is 1. The van der Waals surface area contributed by atoms with Crippen molar-refractivity contribution < 1.29 is 4.79 Å². The zero-order valence-electron chi connectivity index (χ0n) is 13.4. The van der Waals surface area contributed by atoms with Crippen LogP contribution in [-0.4, -0.2) is 65.1 Å². The summed E-state index contributed by atoms with van der Waals surface area (Å²) < 4.78 is -0.239. The number of rotatable bonds is 1. The Hall–Kier alpha value is -1.59. The van der Waals surface area contributed by atoms with Crippen LogP contribution in [-0.2, 0) is 4.79 Å². The lowest BCUT2D eigenvalue weighted by Crippen LogP contribution is -2.37. The first kappa shape index (κ1) is 15.0. The molecule has 1 unspecified atom stereocenters. The standard InChI is InChI=1S/C18H21N3OS/c1-20-9-4-10-21(12-11-20)17(22)14-13-23-18-7-3-2-5-16(18)19-8-6-15(14)18/h2-3,5-8H,4,9-13H2,1H3. The molecule has 23 heavy (non-hydrogen) atoms. The third-order valence-electron chi connectivity index (χ3n) is 4.97. The second kappa shape index (κ2) is 5.80. The highest BCUT2D eigenvalue weighted by atomic mass is 32.2. The molecule has 5 heteroatoms. The molecule has 0 aromatic carbocycles. The summed E-state index contributed by atoms with van der Waals surface area (Å²) in [5.74, 6) is 0.982. The maximum absolute atomic E-state index is 13.1. The van der Waals surface area contributed by atoms with E-state index in [4.69, 9.17) is 0 Å². The Morgan fingerprint density at radius 1 is 1.22 bits per heavy atom. The predicted molar refractivity (Wildman–Crippen MR) is 95.8 cm³/mol. The smallest absolute Gasteiger partial charge is 0.251 e. The Labute approximate surface area is 141 Å². The second-order valence-electron chi connectivity index (χ2n) is 6.41. The molecule has 1 spiro atoms. The number of nitrogens with zero attached hydrogens (tertiary/aromatic N) is 3. The summed E-state index contributed by atoms with van der Waals surface area (Å²) in [5.41, 5.74) is 3.14. The van der Waals surface area contributed by atoms with Crippen LogP contribution in [0.3, 0.4) is 0 Å². The van der Waals surface area contributed by atoms with Gasteiger partial charge in [-0.25, -0.2) is 0 Å². The lowest BCUT2D eigenvalue weighted by molar-refractivity contribution is -0.126. The number of carbonyl (C=O) groups is 1. The maximum atomic E-state index is 13.1. The van der Waals surface area contributed by atoms with Gasteiger partial charge in [-0.3, -0.25) is 9.79 Å². The Kier molecular flexibility index (Phi) is 3.77. The average Bonchev–Trinajstić information content (AvgIpc) is 2.80. The number of amides is 1. The fourth-order valence-electron chi connectivity index (χ4n) is 3.64. The van der Waals surface area contributed by atoms with Gasteiger partial charge in [0.2, 0.25) is 0 Å². The van der Waals surface area contributed by atoms with Gasteiger partial charge in [-0.05, 0) is 37.7 Å². The Morgan fingerprint density at radius 3 is 3.04 bits per heavy atom. The van der Waals surface area contributed by atoms with E-state index in [0.29, 0.717) is 0 Å². The molecular formula is C18H21N3OS. The minimum absolute atomic E-state index is 0.216. The molecule has 0 radical (unpaired) electrons. The summed E-state index contributed by atoms with van der Waals surface area (Å²) in [5, 5.41) is 0. The summed E-state index contributed by atoms with van der Waals surface area (Å²) in [6, 6.07) is 0. The van der Waals surface area contributed by atoms with E-state index in [2.05, 4.69) is 35.2 Å². The molecule has 3 heterocycles. The molecular weight excluding hydrogens is 306 g/mol. The lowest BCUT2D eigenvalue weighted by Gasteiger charge is -2.31. The molecule has 4 nitrogen and oxygen atoms in total. The van der Waals surface area contributed by atoms with Gasteiger partial charge in [0.05, 0.1) is 5.71 Å². The fraction of sp³-hybridized carbons (Fsp3) is 0.444. The molecule has 0 bridgehead atoms. The van der Waals surface area contributed by atoms with Crippen LogP contribution in [0, 0.1) is 0 Å². The summed E-state index contributed by atoms with van der Waals surface area (Å²) in [6.45, 7) is 3.71. The van der Waals surface area contributed by atoms with E-state index in [0.717, 1.165) is 55.2 Å². The van der Waals surface area contributed by atoms with Gasteiger partial charge >= 0.3 is 0 Å². The Bertz CT molecular complexity index is 688. The highest BCUT2D eigenvalue weighted by Crippen LogP contribution is 2.48. The molecule has 0 N–H and O–H groups in total. The molecule has 4 aliphatic rings. The van der Waals surface area contributed by atoms with Crippen molar-refractivity contribution in [3.8, 4) is 0 Å². The van der Waals surface area contributed by atoms with Gasteiger partial charge in [0, 0.05) is 37.2 Å². The minimum Gasteiger partial charge on any atom is -0.338 e.